The maximum Gasteiger partial charge on any atom is 0.433 e. The number of benzene rings is 1. The van der Waals surface area contributed by atoms with E-state index in [4.69, 9.17) is 10.5 Å². The lowest BCUT2D eigenvalue weighted by molar-refractivity contribution is -0.141. The number of pyridine rings is 1. The van der Waals surface area contributed by atoms with Crippen molar-refractivity contribution < 1.29 is 23.0 Å². The van der Waals surface area contributed by atoms with Crippen LogP contribution in [0.2, 0.25) is 0 Å². The lowest BCUT2D eigenvalue weighted by atomic mass is 9.98. The van der Waals surface area contributed by atoms with Crippen LogP contribution in [-0.2, 0) is 12.7 Å². The van der Waals surface area contributed by atoms with E-state index in [0.717, 1.165) is 24.6 Å². The summed E-state index contributed by atoms with van der Waals surface area (Å²) in [7, 11) is 0. The van der Waals surface area contributed by atoms with Gasteiger partial charge in [-0.2, -0.15) is 13.2 Å². The zero-order chi connectivity index (χ0) is 20.9. The summed E-state index contributed by atoms with van der Waals surface area (Å²) in [6, 6.07) is 11.8. The van der Waals surface area contributed by atoms with Crippen molar-refractivity contribution in [3.63, 3.8) is 0 Å². The minimum Gasteiger partial charge on any atom is -0.477 e. The summed E-state index contributed by atoms with van der Waals surface area (Å²) in [5.74, 6) is 0.112. The van der Waals surface area contributed by atoms with Crippen molar-refractivity contribution >= 4 is 5.69 Å². The smallest absolute Gasteiger partial charge is 0.433 e. The standard InChI is InChI=1S/C20H25F3N4O2/c21-20(22,23)17-10-15(12-24)11-18(26-17)29-13-14-6-8-27(9-7-14)19(28)25-16-4-2-1-3-5-16/h1-5,10-11,14,19,25,28H,6-9,12-13,24H2. The molecule has 6 nitrogen and oxygen atoms in total. The molecule has 29 heavy (non-hydrogen) atoms. The van der Waals surface area contributed by atoms with Gasteiger partial charge in [0.2, 0.25) is 5.88 Å². The van der Waals surface area contributed by atoms with Gasteiger partial charge in [0.1, 0.15) is 5.69 Å². The van der Waals surface area contributed by atoms with Crippen LogP contribution >= 0.6 is 0 Å². The average molecular weight is 410 g/mol. The first-order valence-corrected chi connectivity index (χ1v) is 9.50. The molecule has 1 aromatic carbocycles. The van der Waals surface area contributed by atoms with Gasteiger partial charge in [-0.25, -0.2) is 4.98 Å². The molecule has 2 aromatic rings. The number of hydrogen-bond acceptors (Lipinski definition) is 6. The van der Waals surface area contributed by atoms with E-state index in [1.807, 2.05) is 35.2 Å². The van der Waals surface area contributed by atoms with Crippen LogP contribution in [0.5, 0.6) is 5.88 Å². The maximum atomic E-state index is 13.0. The number of nitrogens with one attached hydrogen (secondary N) is 1. The maximum absolute atomic E-state index is 13.0. The van der Waals surface area contributed by atoms with E-state index in [2.05, 4.69) is 10.3 Å². The molecule has 158 valence electrons. The molecule has 0 bridgehead atoms. The van der Waals surface area contributed by atoms with E-state index in [1.165, 1.54) is 6.07 Å². The largest absolute Gasteiger partial charge is 0.477 e. The van der Waals surface area contributed by atoms with Gasteiger partial charge in [0.15, 0.2) is 6.35 Å². The number of nitrogens with two attached hydrogens (primary N) is 1. The molecule has 0 radical (unpaired) electrons. The predicted octanol–water partition coefficient (Wildman–Crippen LogP) is 3.04. The fourth-order valence-corrected chi connectivity index (χ4v) is 3.24. The van der Waals surface area contributed by atoms with E-state index < -0.39 is 18.2 Å². The number of alkyl halides is 3. The summed E-state index contributed by atoms with van der Waals surface area (Å²) < 4.78 is 44.4. The third kappa shape index (κ3) is 6.06. The minimum absolute atomic E-state index is 0.0212. The second kappa shape index (κ2) is 9.43. The molecule has 0 spiro atoms. The van der Waals surface area contributed by atoms with Crippen molar-refractivity contribution in [2.24, 2.45) is 11.7 Å². The number of ether oxygens (including phenoxy) is 1. The molecule has 4 N–H and O–H groups in total. The van der Waals surface area contributed by atoms with Crippen LogP contribution in [0.15, 0.2) is 42.5 Å². The predicted molar refractivity (Wildman–Crippen MR) is 103 cm³/mol. The number of hydrogen-bond donors (Lipinski definition) is 3. The highest BCUT2D eigenvalue weighted by Crippen LogP contribution is 2.30. The molecule has 0 aliphatic carbocycles. The summed E-state index contributed by atoms with van der Waals surface area (Å²) in [6.07, 6.45) is -3.82. The lowest BCUT2D eigenvalue weighted by Crippen LogP contribution is -2.46. The van der Waals surface area contributed by atoms with E-state index >= 15 is 0 Å². The number of para-hydroxylation sites is 1. The van der Waals surface area contributed by atoms with Crippen LogP contribution < -0.4 is 15.8 Å². The molecular weight excluding hydrogens is 385 g/mol. The highest BCUT2D eigenvalue weighted by molar-refractivity contribution is 5.42. The van der Waals surface area contributed by atoms with E-state index in [-0.39, 0.29) is 24.9 Å². The van der Waals surface area contributed by atoms with Crippen LogP contribution in [0, 0.1) is 5.92 Å². The molecule has 1 atom stereocenters. The van der Waals surface area contributed by atoms with Crippen LogP contribution in [0.25, 0.3) is 0 Å². The van der Waals surface area contributed by atoms with Crippen molar-refractivity contribution in [2.75, 3.05) is 25.0 Å². The van der Waals surface area contributed by atoms with Gasteiger partial charge in [-0.1, -0.05) is 18.2 Å². The van der Waals surface area contributed by atoms with Gasteiger partial charge in [-0.15, -0.1) is 0 Å². The average Bonchev–Trinajstić information content (AvgIpc) is 2.72. The van der Waals surface area contributed by atoms with E-state index in [9.17, 15) is 18.3 Å². The fourth-order valence-electron chi connectivity index (χ4n) is 3.24. The summed E-state index contributed by atoms with van der Waals surface area (Å²) >= 11 is 0. The van der Waals surface area contributed by atoms with Crippen LogP contribution in [-0.4, -0.2) is 41.0 Å². The molecule has 1 aliphatic rings. The van der Waals surface area contributed by atoms with Crippen molar-refractivity contribution in [3.8, 4) is 5.88 Å². The van der Waals surface area contributed by atoms with Crippen LogP contribution in [0.4, 0.5) is 18.9 Å². The second-order valence-corrected chi connectivity index (χ2v) is 7.08. The second-order valence-electron chi connectivity index (χ2n) is 7.08. The third-order valence-electron chi connectivity index (χ3n) is 4.92. The zero-order valence-electron chi connectivity index (χ0n) is 15.9. The molecular formula is C20H25F3N4O2. The Bertz CT molecular complexity index is 781. The first-order valence-electron chi connectivity index (χ1n) is 9.50. The Morgan fingerprint density at radius 1 is 1.21 bits per heavy atom. The molecule has 0 amide bonds. The molecule has 0 saturated carbocycles. The Labute approximate surface area is 167 Å². The SMILES string of the molecule is NCc1cc(OCC2CCN(C(O)Nc3ccccc3)CC2)nc(C(F)(F)F)c1. The van der Waals surface area contributed by atoms with Crippen molar-refractivity contribution in [1.82, 2.24) is 9.88 Å². The van der Waals surface area contributed by atoms with Crippen molar-refractivity contribution in [3.05, 3.63) is 53.7 Å². The lowest BCUT2D eigenvalue weighted by Gasteiger charge is -2.35. The normalized spacial score (nSPS) is 17.1. The summed E-state index contributed by atoms with van der Waals surface area (Å²) in [5, 5.41) is 13.4. The van der Waals surface area contributed by atoms with Gasteiger partial charge in [0, 0.05) is 31.4 Å². The number of rotatable bonds is 7. The minimum atomic E-state index is -4.55. The molecule has 1 unspecified atom stereocenters. The molecule has 1 aliphatic heterocycles. The number of aliphatic hydroxyl groups excluding tert-OH is 1. The Morgan fingerprint density at radius 2 is 1.90 bits per heavy atom. The molecule has 1 fully saturated rings. The highest BCUT2D eigenvalue weighted by Gasteiger charge is 2.33. The Morgan fingerprint density at radius 3 is 2.52 bits per heavy atom. The van der Waals surface area contributed by atoms with Crippen LogP contribution in [0.3, 0.4) is 0 Å². The summed E-state index contributed by atoms with van der Waals surface area (Å²) in [4.78, 5) is 5.48. The monoisotopic (exact) mass is 410 g/mol. The third-order valence-corrected chi connectivity index (χ3v) is 4.92. The number of halogens is 3. The molecule has 3 rings (SSSR count). The summed E-state index contributed by atoms with van der Waals surface area (Å²) in [5.41, 5.74) is 5.64. The number of aliphatic hydroxyl groups is 1. The molecule has 2 heterocycles. The first kappa shape index (κ1) is 21.4. The molecule has 1 aromatic heterocycles. The topological polar surface area (TPSA) is 83.6 Å². The Hall–Kier alpha value is -2.36. The van der Waals surface area contributed by atoms with Gasteiger partial charge in [-0.3, -0.25) is 4.90 Å². The van der Waals surface area contributed by atoms with E-state index in [1.54, 1.807) is 0 Å². The van der Waals surface area contributed by atoms with Gasteiger partial charge < -0.3 is 20.9 Å². The van der Waals surface area contributed by atoms with Gasteiger partial charge >= 0.3 is 6.18 Å². The van der Waals surface area contributed by atoms with Crippen molar-refractivity contribution in [1.29, 1.82) is 0 Å². The number of nitrogens with zero attached hydrogens (tertiary/aromatic N) is 2. The number of likely N-dealkylation sites (tertiary alicyclic amines) is 1. The zero-order valence-corrected chi connectivity index (χ0v) is 15.9. The van der Waals surface area contributed by atoms with E-state index in [0.29, 0.717) is 18.7 Å². The fraction of sp³-hybridized carbons (Fsp3) is 0.450. The Kier molecular flexibility index (Phi) is 6.94. The van der Waals surface area contributed by atoms with Gasteiger partial charge in [0.05, 0.1) is 6.61 Å². The number of piperidine rings is 1. The number of aromatic nitrogens is 1. The van der Waals surface area contributed by atoms with Crippen molar-refractivity contribution in [2.45, 2.75) is 31.9 Å². The number of anilines is 1. The summed E-state index contributed by atoms with van der Waals surface area (Å²) in [6.45, 7) is 1.55. The van der Waals surface area contributed by atoms with Gasteiger partial charge in [0.25, 0.3) is 0 Å². The first-order chi connectivity index (χ1) is 13.8. The molecule has 1 saturated heterocycles. The Balaban J connectivity index is 1.50. The molecule has 9 heteroatoms. The highest BCUT2D eigenvalue weighted by atomic mass is 19.4. The van der Waals surface area contributed by atoms with Crippen LogP contribution in [0.1, 0.15) is 24.1 Å². The van der Waals surface area contributed by atoms with Gasteiger partial charge in [-0.05, 0) is 42.5 Å². The quantitative estimate of drug-likeness (QED) is 0.609.